The predicted octanol–water partition coefficient (Wildman–Crippen LogP) is 4.29. The fourth-order valence-electron chi connectivity index (χ4n) is 4.38. The molecule has 5 heteroatoms. The normalized spacial score (nSPS) is 21.8. The topological polar surface area (TPSA) is 44.7 Å². The molecule has 0 spiro atoms. The van der Waals surface area contributed by atoms with E-state index in [1.54, 1.807) is 7.11 Å². The van der Waals surface area contributed by atoms with Crippen LogP contribution in [0.2, 0.25) is 5.02 Å². The molecule has 4 nitrogen and oxygen atoms in total. The van der Waals surface area contributed by atoms with Crippen molar-refractivity contribution in [3.63, 3.8) is 0 Å². The maximum atomic E-state index is 9.43. The van der Waals surface area contributed by atoms with Crippen LogP contribution in [-0.2, 0) is 12.1 Å². The summed E-state index contributed by atoms with van der Waals surface area (Å²) in [6.45, 7) is 1.84. The summed E-state index contributed by atoms with van der Waals surface area (Å²) in [5, 5.41) is 14.0. The van der Waals surface area contributed by atoms with E-state index in [0.717, 1.165) is 36.8 Å². The maximum absolute atomic E-state index is 9.43. The second kappa shape index (κ2) is 7.70. The third-order valence-electron chi connectivity index (χ3n) is 5.90. The number of fused-ring (bicyclic) bond motifs is 1. The van der Waals surface area contributed by atoms with E-state index in [-0.39, 0.29) is 12.1 Å². The highest BCUT2D eigenvalue weighted by Crippen LogP contribution is 2.52. The lowest BCUT2D eigenvalue weighted by molar-refractivity contribution is 0.210. The van der Waals surface area contributed by atoms with Crippen molar-refractivity contribution in [1.29, 1.82) is 0 Å². The van der Waals surface area contributed by atoms with Crippen LogP contribution >= 0.6 is 11.6 Å². The Morgan fingerprint density at radius 2 is 2.00 bits per heavy atom. The van der Waals surface area contributed by atoms with Crippen molar-refractivity contribution in [2.45, 2.75) is 37.8 Å². The highest BCUT2D eigenvalue weighted by molar-refractivity contribution is 6.30. The molecule has 1 saturated carbocycles. The van der Waals surface area contributed by atoms with Gasteiger partial charge in [-0.3, -0.25) is 5.32 Å². The van der Waals surface area contributed by atoms with Gasteiger partial charge >= 0.3 is 0 Å². The summed E-state index contributed by atoms with van der Waals surface area (Å²) in [4.78, 5) is 2.37. The van der Waals surface area contributed by atoms with Crippen LogP contribution in [-0.4, -0.2) is 25.5 Å². The van der Waals surface area contributed by atoms with Gasteiger partial charge in [-0.15, -0.1) is 0 Å². The summed E-state index contributed by atoms with van der Waals surface area (Å²) in [6.07, 6.45) is 4.22. The third-order valence-corrected chi connectivity index (χ3v) is 6.14. The van der Waals surface area contributed by atoms with E-state index in [0.29, 0.717) is 5.92 Å². The molecule has 1 unspecified atom stereocenters. The molecule has 1 fully saturated rings. The van der Waals surface area contributed by atoms with Gasteiger partial charge in [0.05, 0.1) is 13.8 Å². The molecule has 1 atom stereocenters. The number of benzene rings is 2. The molecule has 144 valence electrons. The van der Waals surface area contributed by atoms with Gasteiger partial charge < -0.3 is 14.7 Å². The van der Waals surface area contributed by atoms with Gasteiger partial charge in [-0.1, -0.05) is 23.7 Å². The first kappa shape index (κ1) is 18.6. The Bertz CT molecular complexity index is 791. The number of methoxy groups -OCH3 is 1. The molecular formula is C22H27ClN2O2. The SMILES string of the molecule is COc1ccc(CN2CNC(CCCO)(C3CC3)c3cc(Cl)ccc32)cc1. The van der Waals surface area contributed by atoms with Crippen LogP contribution in [0, 0.1) is 5.92 Å². The zero-order valence-electron chi connectivity index (χ0n) is 15.7. The Kier molecular flexibility index (Phi) is 5.31. The average molecular weight is 387 g/mol. The van der Waals surface area contributed by atoms with E-state index >= 15 is 0 Å². The molecule has 4 rings (SSSR count). The van der Waals surface area contributed by atoms with Crippen LogP contribution in [0.5, 0.6) is 5.75 Å². The molecule has 2 aromatic carbocycles. The van der Waals surface area contributed by atoms with Gasteiger partial charge in [0.15, 0.2) is 0 Å². The lowest BCUT2D eigenvalue weighted by Crippen LogP contribution is -2.54. The Hall–Kier alpha value is -1.75. The van der Waals surface area contributed by atoms with Crippen LogP contribution in [0.3, 0.4) is 0 Å². The van der Waals surface area contributed by atoms with Gasteiger partial charge in [0.25, 0.3) is 0 Å². The number of aliphatic hydroxyl groups is 1. The van der Waals surface area contributed by atoms with E-state index in [4.69, 9.17) is 16.3 Å². The number of hydrogen-bond acceptors (Lipinski definition) is 4. The largest absolute Gasteiger partial charge is 0.497 e. The lowest BCUT2D eigenvalue weighted by atomic mass is 9.78. The molecule has 0 bridgehead atoms. The molecule has 0 saturated heterocycles. The first-order chi connectivity index (χ1) is 13.2. The van der Waals surface area contributed by atoms with Crippen LogP contribution in [0.4, 0.5) is 5.69 Å². The molecule has 1 heterocycles. The molecule has 0 radical (unpaired) electrons. The van der Waals surface area contributed by atoms with Crippen molar-refractivity contribution < 1.29 is 9.84 Å². The zero-order valence-corrected chi connectivity index (χ0v) is 16.5. The van der Waals surface area contributed by atoms with Crippen LogP contribution in [0.15, 0.2) is 42.5 Å². The predicted molar refractivity (Wildman–Crippen MR) is 109 cm³/mol. The van der Waals surface area contributed by atoms with Crippen molar-refractivity contribution in [3.05, 3.63) is 58.6 Å². The van der Waals surface area contributed by atoms with Crippen LogP contribution in [0.1, 0.15) is 36.8 Å². The number of hydrogen-bond donors (Lipinski definition) is 2. The summed E-state index contributed by atoms with van der Waals surface area (Å²) in [6, 6.07) is 14.5. The Morgan fingerprint density at radius 1 is 1.22 bits per heavy atom. The second-order valence-electron chi connectivity index (χ2n) is 7.62. The van der Waals surface area contributed by atoms with Crippen molar-refractivity contribution in [2.75, 3.05) is 25.3 Å². The van der Waals surface area contributed by atoms with Crippen molar-refractivity contribution in [3.8, 4) is 5.75 Å². The van der Waals surface area contributed by atoms with Gasteiger partial charge in [0, 0.05) is 29.4 Å². The van der Waals surface area contributed by atoms with E-state index in [2.05, 4.69) is 34.5 Å². The van der Waals surface area contributed by atoms with Crippen molar-refractivity contribution >= 4 is 17.3 Å². The summed E-state index contributed by atoms with van der Waals surface area (Å²) in [5.41, 5.74) is 3.71. The first-order valence-electron chi connectivity index (χ1n) is 9.70. The van der Waals surface area contributed by atoms with Gasteiger partial charge in [0.2, 0.25) is 0 Å². The smallest absolute Gasteiger partial charge is 0.118 e. The van der Waals surface area contributed by atoms with Gasteiger partial charge in [-0.05, 0) is 73.1 Å². The number of rotatable bonds is 7. The Morgan fingerprint density at radius 3 is 2.67 bits per heavy atom. The van der Waals surface area contributed by atoms with Gasteiger partial charge in [-0.2, -0.15) is 0 Å². The van der Waals surface area contributed by atoms with E-state index in [9.17, 15) is 5.11 Å². The molecule has 2 aromatic rings. The number of anilines is 1. The quantitative estimate of drug-likeness (QED) is 0.744. The van der Waals surface area contributed by atoms with Gasteiger partial charge in [0.1, 0.15) is 5.75 Å². The molecule has 0 amide bonds. The highest BCUT2D eigenvalue weighted by atomic mass is 35.5. The van der Waals surface area contributed by atoms with Gasteiger partial charge in [-0.25, -0.2) is 0 Å². The molecule has 1 aliphatic heterocycles. The second-order valence-corrected chi connectivity index (χ2v) is 8.05. The summed E-state index contributed by atoms with van der Waals surface area (Å²) < 4.78 is 5.27. The molecule has 1 aliphatic carbocycles. The monoisotopic (exact) mass is 386 g/mol. The molecule has 2 aliphatic rings. The third kappa shape index (κ3) is 3.66. The van der Waals surface area contributed by atoms with Crippen molar-refractivity contribution in [1.82, 2.24) is 5.32 Å². The Balaban J connectivity index is 1.66. The number of ether oxygens (including phenoxy) is 1. The molecular weight excluding hydrogens is 360 g/mol. The number of nitrogens with zero attached hydrogens (tertiary/aromatic N) is 1. The lowest BCUT2D eigenvalue weighted by Gasteiger charge is -2.46. The minimum Gasteiger partial charge on any atom is -0.497 e. The highest BCUT2D eigenvalue weighted by Gasteiger charge is 2.49. The van der Waals surface area contributed by atoms with Crippen LogP contribution in [0.25, 0.3) is 0 Å². The molecule has 2 N–H and O–H groups in total. The first-order valence-corrected chi connectivity index (χ1v) is 10.1. The van der Waals surface area contributed by atoms with E-state index in [1.807, 2.05) is 18.2 Å². The summed E-state index contributed by atoms with van der Waals surface area (Å²) in [7, 11) is 1.69. The standard InChI is InChI=1S/C22H27ClN2O2/c1-27-19-8-3-16(4-9-19)14-25-15-24-22(11-2-12-26,17-5-6-17)20-13-18(23)7-10-21(20)25/h3-4,7-10,13,17,24,26H,2,5-6,11-12,14-15H2,1H3. The number of halogens is 1. The minimum absolute atomic E-state index is 0.0701. The fraction of sp³-hybridized carbons (Fsp3) is 0.455. The summed E-state index contributed by atoms with van der Waals surface area (Å²) >= 11 is 6.39. The van der Waals surface area contributed by atoms with E-state index in [1.165, 1.54) is 29.7 Å². The molecule has 0 aromatic heterocycles. The van der Waals surface area contributed by atoms with E-state index < -0.39 is 0 Å². The summed E-state index contributed by atoms with van der Waals surface area (Å²) in [5.74, 6) is 1.50. The minimum atomic E-state index is -0.0701. The number of aliphatic hydroxyl groups excluding tert-OH is 1. The number of nitrogens with one attached hydrogen (secondary N) is 1. The maximum Gasteiger partial charge on any atom is 0.118 e. The Labute approximate surface area is 166 Å². The van der Waals surface area contributed by atoms with Crippen molar-refractivity contribution in [2.24, 2.45) is 5.92 Å². The van der Waals surface area contributed by atoms with Crippen LogP contribution < -0.4 is 15.0 Å². The average Bonchev–Trinajstić information content (AvgIpc) is 3.54. The zero-order chi connectivity index (χ0) is 18.9. The fourth-order valence-corrected chi connectivity index (χ4v) is 4.55. The molecule has 27 heavy (non-hydrogen) atoms.